The number of aryl methyl sites for hydroxylation is 2. The summed E-state index contributed by atoms with van der Waals surface area (Å²) in [5.74, 6) is 0.926. The summed E-state index contributed by atoms with van der Waals surface area (Å²) >= 11 is 3.37. The Kier molecular flexibility index (Phi) is 5.61. The normalized spacial score (nSPS) is 14.1. The van der Waals surface area contributed by atoms with Gasteiger partial charge in [0.1, 0.15) is 10.8 Å². The van der Waals surface area contributed by atoms with Gasteiger partial charge in [0.25, 0.3) is 5.91 Å². The van der Waals surface area contributed by atoms with Crippen molar-refractivity contribution in [2.45, 2.75) is 38.6 Å². The maximum absolute atomic E-state index is 12.8. The van der Waals surface area contributed by atoms with E-state index in [2.05, 4.69) is 45.4 Å². The first-order valence-corrected chi connectivity index (χ1v) is 12.2. The number of nitrogens with one attached hydrogen (secondary N) is 2. The van der Waals surface area contributed by atoms with Gasteiger partial charge in [-0.25, -0.2) is 4.98 Å². The topological polar surface area (TPSA) is 67.2 Å². The number of amides is 1. The van der Waals surface area contributed by atoms with E-state index < -0.39 is 0 Å². The molecule has 0 saturated heterocycles. The lowest BCUT2D eigenvalue weighted by Crippen LogP contribution is -2.18. The number of thiophene rings is 2. The van der Waals surface area contributed by atoms with Gasteiger partial charge in [0.05, 0.1) is 12.3 Å². The number of carbonyl (C=O) groups excluding carboxylic acids is 1. The Morgan fingerprint density at radius 2 is 2.13 bits per heavy atom. The molecule has 0 aromatic carbocycles. The van der Waals surface area contributed by atoms with Crippen molar-refractivity contribution in [3.8, 4) is 0 Å². The predicted octanol–water partition coefficient (Wildman–Crippen LogP) is 6.44. The first-order valence-electron chi connectivity index (χ1n) is 10.4. The predicted molar refractivity (Wildman–Crippen MR) is 126 cm³/mol. The molecule has 1 aliphatic carbocycles. The van der Waals surface area contributed by atoms with E-state index >= 15 is 0 Å². The van der Waals surface area contributed by atoms with E-state index in [4.69, 9.17) is 4.42 Å². The van der Waals surface area contributed by atoms with Crippen molar-refractivity contribution in [1.82, 2.24) is 4.98 Å². The molecule has 0 spiro atoms. The van der Waals surface area contributed by atoms with Crippen LogP contribution in [0.1, 0.15) is 56.6 Å². The van der Waals surface area contributed by atoms with E-state index in [1.165, 1.54) is 35.1 Å². The van der Waals surface area contributed by atoms with Crippen LogP contribution in [-0.4, -0.2) is 10.9 Å². The first-order chi connectivity index (χ1) is 15.2. The SMILES string of the molecule is Cc1ccnc(N[C@@H](c2ccsc2)c2c(NC(=O)c3ccco3)sc3c2CCCC3)c1. The smallest absolute Gasteiger partial charge is 0.291 e. The molecule has 0 unspecified atom stereocenters. The summed E-state index contributed by atoms with van der Waals surface area (Å²) in [6.07, 6.45) is 7.79. The molecule has 5 rings (SSSR count). The van der Waals surface area contributed by atoms with Crippen LogP contribution in [0.5, 0.6) is 0 Å². The molecule has 0 fully saturated rings. The minimum Gasteiger partial charge on any atom is -0.459 e. The van der Waals surface area contributed by atoms with Crippen LogP contribution in [0.15, 0.2) is 58.0 Å². The number of fused-ring (bicyclic) bond motifs is 1. The van der Waals surface area contributed by atoms with Crippen molar-refractivity contribution in [2.75, 3.05) is 10.6 Å². The second-order valence-corrected chi connectivity index (χ2v) is 9.62. The average molecular weight is 450 g/mol. The van der Waals surface area contributed by atoms with E-state index in [-0.39, 0.29) is 11.9 Å². The molecule has 0 aliphatic heterocycles. The van der Waals surface area contributed by atoms with Crippen LogP contribution < -0.4 is 10.6 Å². The van der Waals surface area contributed by atoms with Gasteiger partial charge < -0.3 is 15.1 Å². The van der Waals surface area contributed by atoms with Gasteiger partial charge in [-0.15, -0.1) is 11.3 Å². The molecule has 1 aliphatic rings. The molecule has 0 bridgehead atoms. The molecule has 2 N–H and O–H groups in total. The van der Waals surface area contributed by atoms with Crippen molar-refractivity contribution in [1.29, 1.82) is 0 Å². The Morgan fingerprint density at radius 3 is 2.90 bits per heavy atom. The van der Waals surface area contributed by atoms with E-state index in [0.717, 1.165) is 34.8 Å². The molecule has 31 heavy (non-hydrogen) atoms. The Bertz CT molecular complexity index is 1180. The number of nitrogens with zero attached hydrogens (tertiary/aromatic N) is 1. The van der Waals surface area contributed by atoms with E-state index in [1.54, 1.807) is 34.8 Å². The number of aromatic nitrogens is 1. The lowest BCUT2D eigenvalue weighted by molar-refractivity contribution is 0.0997. The quantitative estimate of drug-likeness (QED) is 0.355. The van der Waals surface area contributed by atoms with Gasteiger partial charge >= 0.3 is 0 Å². The Labute approximate surface area is 189 Å². The molecule has 1 amide bonds. The van der Waals surface area contributed by atoms with Gasteiger partial charge in [0.2, 0.25) is 0 Å². The zero-order chi connectivity index (χ0) is 21.2. The van der Waals surface area contributed by atoms with Crippen LogP contribution in [0.4, 0.5) is 10.8 Å². The number of hydrogen-bond donors (Lipinski definition) is 2. The third kappa shape index (κ3) is 4.16. The van der Waals surface area contributed by atoms with Crippen molar-refractivity contribution in [3.05, 3.63) is 86.4 Å². The Balaban J connectivity index is 1.59. The van der Waals surface area contributed by atoms with Crippen molar-refractivity contribution in [2.24, 2.45) is 0 Å². The zero-order valence-corrected chi connectivity index (χ0v) is 18.8. The molecule has 4 heterocycles. The second kappa shape index (κ2) is 8.69. The molecule has 0 saturated carbocycles. The Hall–Kier alpha value is -2.90. The Morgan fingerprint density at radius 1 is 1.23 bits per heavy atom. The highest BCUT2D eigenvalue weighted by Crippen LogP contribution is 2.44. The second-order valence-electron chi connectivity index (χ2n) is 7.74. The van der Waals surface area contributed by atoms with Crippen LogP contribution in [0.25, 0.3) is 0 Å². The van der Waals surface area contributed by atoms with Gasteiger partial charge in [-0.2, -0.15) is 11.3 Å². The first kappa shape index (κ1) is 20.0. The monoisotopic (exact) mass is 449 g/mol. The molecule has 4 aromatic rings. The van der Waals surface area contributed by atoms with Gasteiger partial charge in [0, 0.05) is 16.6 Å². The molecule has 1 atom stereocenters. The van der Waals surface area contributed by atoms with Crippen LogP contribution in [0, 0.1) is 6.92 Å². The summed E-state index contributed by atoms with van der Waals surface area (Å²) in [7, 11) is 0. The minimum atomic E-state index is -0.220. The molecular formula is C24H23N3O2S2. The van der Waals surface area contributed by atoms with Gasteiger partial charge in [-0.05, 0) is 90.4 Å². The molecule has 5 nitrogen and oxygen atoms in total. The van der Waals surface area contributed by atoms with E-state index in [0.29, 0.717) is 5.76 Å². The maximum atomic E-state index is 12.8. The van der Waals surface area contributed by atoms with E-state index in [1.807, 2.05) is 12.3 Å². The molecule has 4 aromatic heterocycles. The fourth-order valence-corrected chi connectivity index (χ4v) is 6.09. The van der Waals surface area contributed by atoms with Crippen molar-refractivity contribution < 1.29 is 9.21 Å². The number of anilines is 2. The number of pyridine rings is 1. The summed E-state index contributed by atoms with van der Waals surface area (Å²) in [4.78, 5) is 18.7. The van der Waals surface area contributed by atoms with Gasteiger partial charge in [0.15, 0.2) is 5.76 Å². The summed E-state index contributed by atoms with van der Waals surface area (Å²) in [5.41, 5.74) is 4.84. The third-order valence-electron chi connectivity index (χ3n) is 5.56. The number of carbonyl (C=O) groups is 1. The fraction of sp³-hybridized carbons (Fsp3) is 0.250. The highest BCUT2D eigenvalue weighted by atomic mass is 32.1. The van der Waals surface area contributed by atoms with E-state index in [9.17, 15) is 4.79 Å². The number of furan rings is 1. The zero-order valence-electron chi connectivity index (χ0n) is 17.2. The summed E-state index contributed by atoms with van der Waals surface area (Å²) in [6, 6.07) is 9.52. The highest BCUT2D eigenvalue weighted by molar-refractivity contribution is 7.16. The van der Waals surface area contributed by atoms with Gasteiger partial charge in [-0.3, -0.25) is 4.79 Å². The molecular weight excluding hydrogens is 426 g/mol. The minimum absolute atomic E-state index is 0.0921. The molecule has 158 valence electrons. The van der Waals surface area contributed by atoms with Crippen molar-refractivity contribution >= 4 is 39.4 Å². The molecule has 0 radical (unpaired) electrons. The van der Waals surface area contributed by atoms with Crippen LogP contribution >= 0.6 is 22.7 Å². The number of rotatable bonds is 6. The standard InChI is InChI=1S/C24H23N3O2S2/c1-15-8-10-25-20(13-15)26-22(16-9-12-30-14-16)21-17-5-2-3-7-19(17)31-24(21)27-23(28)18-6-4-11-29-18/h4,6,8-14,22H,2-3,5,7H2,1H3,(H,25,26)(H,27,28)/t22-/m0/s1. The summed E-state index contributed by atoms with van der Waals surface area (Å²) in [5, 5.41) is 11.9. The van der Waals surface area contributed by atoms with Crippen LogP contribution in [0.3, 0.4) is 0 Å². The number of hydrogen-bond acceptors (Lipinski definition) is 6. The maximum Gasteiger partial charge on any atom is 0.291 e. The largest absolute Gasteiger partial charge is 0.459 e. The van der Waals surface area contributed by atoms with Crippen LogP contribution in [-0.2, 0) is 12.8 Å². The highest BCUT2D eigenvalue weighted by Gasteiger charge is 2.29. The summed E-state index contributed by atoms with van der Waals surface area (Å²) in [6.45, 7) is 2.06. The van der Waals surface area contributed by atoms with Crippen molar-refractivity contribution in [3.63, 3.8) is 0 Å². The lowest BCUT2D eigenvalue weighted by atomic mass is 9.90. The molecule has 7 heteroatoms. The lowest BCUT2D eigenvalue weighted by Gasteiger charge is -2.23. The fourth-order valence-electron chi connectivity index (χ4n) is 4.09. The summed E-state index contributed by atoms with van der Waals surface area (Å²) < 4.78 is 5.32. The van der Waals surface area contributed by atoms with Gasteiger partial charge in [-0.1, -0.05) is 0 Å². The van der Waals surface area contributed by atoms with Crippen LogP contribution in [0.2, 0.25) is 0 Å². The average Bonchev–Trinajstić information content (AvgIpc) is 3.53. The third-order valence-corrected chi connectivity index (χ3v) is 7.48.